The van der Waals surface area contributed by atoms with Crippen molar-refractivity contribution in [1.29, 1.82) is 0 Å². The number of carbonyl (C=O) groups excluding carboxylic acids is 1. The normalized spacial score (nSPS) is 16.3. The van der Waals surface area contributed by atoms with E-state index in [-0.39, 0.29) is 11.6 Å². The summed E-state index contributed by atoms with van der Waals surface area (Å²) in [6, 6.07) is 15.7. The first-order valence-electron chi connectivity index (χ1n) is 12.2. The number of likely N-dealkylation sites (tertiary alicyclic amines) is 1. The maximum Gasteiger partial charge on any atom is 0.312 e. The second kappa shape index (κ2) is 10.8. The molecule has 3 aromatic rings. The fraction of sp³-hybridized carbons (Fsp3) is 0.407. The predicted molar refractivity (Wildman–Crippen MR) is 135 cm³/mol. The topological polar surface area (TPSA) is 93.3 Å². The molecule has 0 bridgehead atoms. The van der Waals surface area contributed by atoms with Gasteiger partial charge in [-0.15, -0.1) is 0 Å². The Morgan fingerprint density at radius 3 is 2.31 bits per heavy atom. The summed E-state index contributed by atoms with van der Waals surface area (Å²) in [6.45, 7) is 9.84. The standard InChI is InChI=1S/C27H33N5O3/c1-19-5-4-14-30(16-19)17-23-8-6-22(7-9-23)15-28-27(33)25-12-10-24(11-13-25)18-31-21(3)26(32(34)35)20(2)29-31/h6-13,19H,4-5,14-18H2,1-3H3,(H,28,33). The van der Waals surface area contributed by atoms with E-state index in [0.717, 1.165) is 30.1 Å². The molecule has 4 rings (SSSR count). The summed E-state index contributed by atoms with van der Waals surface area (Å²) < 4.78 is 1.62. The van der Waals surface area contributed by atoms with Crippen LogP contribution in [0, 0.1) is 29.9 Å². The summed E-state index contributed by atoms with van der Waals surface area (Å²) in [5, 5.41) is 18.5. The van der Waals surface area contributed by atoms with Crippen LogP contribution in [-0.4, -0.2) is 38.6 Å². The molecule has 1 saturated heterocycles. The second-order valence-corrected chi connectivity index (χ2v) is 9.61. The zero-order valence-electron chi connectivity index (χ0n) is 20.7. The van der Waals surface area contributed by atoms with Gasteiger partial charge in [0, 0.05) is 25.2 Å². The van der Waals surface area contributed by atoms with Gasteiger partial charge in [-0.05, 0) is 68.0 Å². The minimum atomic E-state index is -0.399. The molecule has 1 fully saturated rings. The molecule has 2 aromatic carbocycles. The number of hydrogen-bond acceptors (Lipinski definition) is 5. The lowest BCUT2D eigenvalue weighted by Gasteiger charge is -2.30. The molecule has 0 radical (unpaired) electrons. The molecule has 0 spiro atoms. The number of benzene rings is 2. The Balaban J connectivity index is 1.29. The van der Waals surface area contributed by atoms with E-state index in [2.05, 4.69) is 46.5 Å². The zero-order valence-corrected chi connectivity index (χ0v) is 20.7. The monoisotopic (exact) mass is 475 g/mol. The number of carbonyl (C=O) groups is 1. The number of nitrogens with one attached hydrogen (secondary N) is 1. The van der Waals surface area contributed by atoms with E-state index in [1.165, 1.54) is 24.9 Å². The number of nitro groups is 1. The Morgan fingerprint density at radius 1 is 1.06 bits per heavy atom. The van der Waals surface area contributed by atoms with Crippen molar-refractivity contribution < 1.29 is 9.72 Å². The lowest BCUT2D eigenvalue weighted by Crippen LogP contribution is -2.33. The van der Waals surface area contributed by atoms with Gasteiger partial charge in [0.2, 0.25) is 0 Å². The van der Waals surface area contributed by atoms with E-state index in [1.54, 1.807) is 30.7 Å². The highest BCUT2D eigenvalue weighted by Crippen LogP contribution is 2.23. The van der Waals surface area contributed by atoms with Crippen LogP contribution in [-0.2, 0) is 19.6 Å². The van der Waals surface area contributed by atoms with Gasteiger partial charge < -0.3 is 5.32 Å². The minimum absolute atomic E-state index is 0.0510. The van der Waals surface area contributed by atoms with Gasteiger partial charge in [-0.2, -0.15) is 5.10 Å². The summed E-state index contributed by atoms with van der Waals surface area (Å²) >= 11 is 0. The van der Waals surface area contributed by atoms with E-state index < -0.39 is 4.92 Å². The molecule has 2 heterocycles. The predicted octanol–water partition coefficient (Wildman–Crippen LogP) is 4.62. The molecule has 0 aliphatic carbocycles. The van der Waals surface area contributed by atoms with Crippen LogP contribution >= 0.6 is 0 Å². The highest BCUT2D eigenvalue weighted by molar-refractivity contribution is 5.94. The van der Waals surface area contributed by atoms with E-state index in [1.807, 2.05) is 12.1 Å². The summed E-state index contributed by atoms with van der Waals surface area (Å²) in [5.41, 5.74) is 4.83. The van der Waals surface area contributed by atoms with Crippen molar-refractivity contribution in [3.8, 4) is 0 Å². The number of aromatic nitrogens is 2. The van der Waals surface area contributed by atoms with Crippen molar-refractivity contribution in [3.05, 3.63) is 92.3 Å². The van der Waals surface area contributed by atoms with Gasteiger partial charge >= 0.3 is 5.69 Å². The number of amides is 1. The molecule has 0 saturated carbocycles. The number of piperidine rings is 1. The fourth-order valence-corrected chi connectivity index (χ4v) is 4.78. The van der Waals surface area contributed by atoms with Crippen molar-refractivity contribution in [2.24, 2.45) is 5.92 Å². The Hall–Kier alpha value is -3.52. The van der Waals surface area contributed by atoms with Crippen LogP contribution in [0.15, 0.2) is 48.5 Å². The van der Waals surface area contributed by atoms with E-state index in [0.29, 0.717) is 30.0 Å². The van der Waals surface area contributed by atoms with Crippen molar-refractivity contribution in [3.63, 3.8) is 0 Å². The van der Waals surface area contributed by atoms with Crippen molar-refractivity contribution in [2.75, 3.05) is 13.1 Å². The molecule has 1 amide bonds. The van der Waals surface area contributed by atoms with Gasteiger partial charge in [-0.25, -0.2) is 0 Å². The third kappa shape index (κ3) is 6.14. The third-order valence-electron chi connectivity index (χ3n) is 6.70. The number of rotatable bonds is 8. The highest BCUT2D eigenvalue weighted by atomic mass is 16.6. The maximum absolute atomic E-state index is 12.6. The van der Waals surface area contributed by atoms with Gasteiger partial charge in [0.25, 0.3) is 5.91 Å². The Kier molecular flexibility index (Phi) is 7.60. The SMILES string of the molecule is Cc1nn(Cc2ccc(C(=O)NCc3ccc(CN4CCCC(C)C4)cc3)cc2)c(C)c1[N+](=O)[O-]. The van der Waals surface area contributed by atoms with E-state index in [9.17, 15) is 14.9 Å². The molecule has 184 valence electrons. The van der Waals surface area contributed by atoms with Crippen LogP contribution in [0.3, 0.4) is 0 Å². The highest BCUT2D eigenvalue weighted by Gasteiger charge is 2.21. The summed E-state index contributed by atoms with van der Waals surface area (Å²) in [6.07, 6.45) is 2.60. The molecule has 1 aromatic heterocycles. The third-order valence-corrected chi connectivity index (χ3v) is 6.70. The first-order valence-corrected chi connectivity index (χ1v) is 12.2. The van der Waals surface area contributed by atoms with E-state index in [4.69, 9.17) is 0 Å². The van der Waals surface area contributed by atoms with Gasteiger partial charge in [0.1, 0.15) is 11.4 Å². The molecule has 1 aliphatic heterocycles. The largest absolute Gasteiger partial charge is 0.348 e. The Bertz CT molecular complexity index is 1180. The van der Waals surface area contributed by atoms with Crippen LogP contribution in [0.2, 0.25) is 0 Å². The van der Waals surface area contributed by atoms with Gasteiger partial charge in [0.15, 0.2) is 0 Å². The second-order valence-electron chi connectivity index (χ2n) is 9.61. The Morgan fingerprint density at radius 2 is 1.69 bits per heavy atom. The molecule has 1 atom stereocenters. The van der Waals surface area contributed by atoms with Gasteiger partial charge in [-0.1, -0.05) is 43.3 Å². The van der Waals surface area contributed by atoms with Gasteiger partial charge in [-0.3, -0.25) is 24.5 Å². The lowest BCUT2D eigenvalue weighted by molar-refractivity contribution is -0.386. The van der Waals surface area contributed by atoms with Crippen LogP contribution in [0.4, 0.5) is 5.69 Å². The van der Waals surface area contributed by atoms with Crippen LogP contribution in [0.5, 0.6) is 0 Å². The lowest BCUT2D eigenvalue weighted by atomic mass is 9.99. The van der Waals surface area contributed by atoms with E-state index >= 15 is 0 Å². The first kappa shape index (κ1) is 24.6. The maximum atomic E-state index is 12.6. The average Bonchev–Trinajstić information content (AvgIpc) is 3.11. The molecular formula is C27H33N5O3. The molecule has 1 unspecified atom stereocenters. The first-order chi connectivity index (χ1) is 16.8. The molecule has 8 heteroatoms. The Labute approximate surface area is 206 Å². The number of hydrogen-bond donors (Lipinski definition) is 1. The van der Waals surface area contributed by atoms with Crippen molar-refractivity contribution in [2.45, 2.75) is 53.2 Å². The molecule has 1 N–H and O–H groups in total. The van der Waals surface area contributed by atoms with Crippen LogP contribution in [0.25, 0.3) is 0 Å². The zero-order chi connectivity index (χ0) is 24.9. The molecular weight excluding hydrogens is 442 g/mol. The smallest absolute Gasteiger partial charge is 0.312 e. The fourth-order valence-electron chi connectivity index (χ4n) is 4.78. The van der Waals surface area contributed by atoms with Crippen LogP contribution in [0.1, 0.15) is 58.2 Å². The van der Waals surface area contributed by atoms with Gasteiger partial charge in [0.05, 0.1) is 11.5 Å². The number of nitrogens with zero attached hydrogens (tertiary/aromatic N) is 4. The quantitative estimate of drug-likeness (QED) is 0.379. The summed E-state index contributed by atoms with van der Waals surface area (Å²) in [5.74, 6) is 0.636. The molecule has 1 aliphatic rings. The van der Waals surface area contributed by atoms with Crippen molar-refractivity contribution in [1.82, 2.24) is 20.0 Å². The molecule has 35 heavy (non-hydrogen) atoms. The van der Waals surface area contributed by atoms with Crippen LogP contribution < -0.4 is 5.32 Å². The average molecular weight is 476 g/mol. The van der Waals surface area contributed by atoms with Crippen molar-refractivity contribution >= 4 is 11.6 Å². The summed E-state index contributed by atoms with van der Waals surface area (Å²) in [4.78, 5) is 25.9. The molecule has 8 nitrogen and oxygen atoms in total. The minimum Gasteiger partial charge on any atom is -0.348 e. The number of aryl methyl sites for hydroxylation is 1. The summed E-state index contributed by atoms with van der Waals surface area (Å²) in [7, 11) is 0.